The van der Waals surface area contributed by atoms with Gasteiger partial charge >= 0.3 is 0 Å². The third kappa shape index (κ3) is 9.52. The summed E-state index contributed by atoms with van der Waals surface area (Å²) in [6.07, 6.45) is 12.9. The minimum atomic E-state index is -0.807. The number of aromatic nitrogens is 4. The molecule has 328 valence electrons. The van der Waals surface area contributed by atoms with Gasteiger partial charge < -0.3 is 26.0 Å². The normalized spacial score (nSPS) is 17.1. The Labute approximate surface area is 371 Å². The SMILES string of the molecule is Nc1ncnc2c1c(-c1ccc(Oc3ccccc3)cc1)nn2C1CCCN(C(=C=O)CCCCCCCCCCNc2ccc3c(c2)C(=O)N(C2CCC(=C=O)NC2=C=O)C3=O)C1. The van der Waals surface area contributed by atoms with E-state index in [0.717, 1.165) is 99.2 Å². The molecule has 2 aromatic heterocycles. The van der Waals surface area contributed by atoms with Crippen LogP contribution in [0, 0.1) is 0 Å². The number of rotatable bonds is 18. The van der Waals surface area contributed by atoms with Crippen molar-refractivity contribution < 1.29 is 28.7 Å². The number of amides is 2. The van der Waals surface area contributed by atoms with Gasteiger partial charge in [-0.15, -0.1) is 0 Å². The number of allylic oxidation sites excluding steroid dienone is 2. The molecule has 2 amide bonds. The van der Waals surface area contributed by atoms with E-state index in [-0.39, 0.29) is 30.3 Å². The van der Waals surface area contributed by atoms with Crippen LogP contribution in [0.5, 0.6) is 11.5 Å². The number of carbonyl (C=O) groups excluding carboxylic acids is 5. The zero-order valence-electron chi connectivity index (χ0n) is 35.7. The second-order valence-electron chi connectivity index (χ2n) is 16.5. The summed E-state index contributed by atoms with van der Waals surface area (Å²) in [5, 5.41) is 11.8. The number of hydrogen-bond donors (Lipinski definition) is 3. The van der Waals surface area contributed by atoms with E-state index in [2.05, 4.69) is 31.4 Å². The molecule has 2 unspecified atom stereocenters. The summed E-state index contributed by atoms with van der Waals surface area (Å²) in [6, 6.07) is 21.7. The van der Waals surface area contributed by atoms with Gasteiger partial charge in [0.1, 0.15) is 58.6 Å². The van der Waals surface area contributed by atoms with Crippen LogP contribution < -0.4 is 21.1 Å². The predicted molar refractivity (Wildman–Crippen MR) is 242 cm³/mol. The van der Waals surface area contributed by atoms with Crippen LogP contribution in [-0.4, -0.2) is 84.9 Å². The lowest BCUT2D eigenvalue weighted by atomic mass is 10.0. The first kappa shape index (κ1) is 43.4. The largest absolute Gasteiger partial charge is 0.457 e. The minimum absolute atomic E-state index is 0.00748. The van der Waals surface area contributed by atoms with Crippen molar-refractivity contribution in [3.8, 4) is 22.8 Å². The van der Waals surface area contributed by atoms with E-state index in [1.165, 1.54) is 6.33 Å². The van der Waals surface area contributed by atoms with Gasteiger partial charge in [0.15, 0.2) is 5.65 Å². The van der Waals surface area contributed by atoms with Crippen molar-refractivity contribution >= 4 is 52.2 Å². The molecule has 3 aliphatic heterocycles. The number of likely N-dealkylation sites (tertiary alicyclic amines) is 1. The Morgan fingerprint density at radius 1 is 0.828 bits per heavy atom. The van der Waals surface area contributed by atoms with E-state index in [9.17, 15) is 24.0 Å². The van der Waals surface area contributed by atoms with Gasteiger partial charge in [0.2, 0.25) is 0 Å². The molecule has 2 saturated heterocycles. The van der Waals surface area contributed by atoms with Gasteiger partial charge in [-0.25, -0.2) is 29.0 Å². The fraction of sp³-hybridized carbons (Fsp3) is 0.367. The number of unbranched alkanes of at least 4 members (excludes halogenated alkanes) is 7. The molecule has 64 heavy (non-hydrogen) atoms. The van der Waals surface area contributed by atoms with Crippen molar-refractivity contribution in [2.24, 2.45) is 0 Å². The topological polar surface area (TPSA) is 195 Å². The Hall–Kier alpha value is -7.30. The number of nitrogens with two attached hydrogens (primary N) is 1. The molecular formula is C49H51N9O6. The Kier molecular flexibility index (Phi) is 13.7. The number of anilines is 2. The summed E-state index contributed by atoms with van der Waals surface area (Å²) in [5.74, 6) is 6.65. The summed E-state index contributed by atoms with van der Waals surface area (Å²) in [7, 11) is 0. The van der Waals surface area contributed by atoms with Crippen LogP contribution in [0.4, 0.5) is 11.5 Å². The molecule has 5 aromatic rings. The minimum Gasteiger partial charge on any atom is -0.457 e. The van der Waals surface area contributed by atoms with Crippen LogP contribution in [0.25, 0.3) is 22.3 Å². The number of fused-ring (bicyclic) bond motifs is 2. The maximum Gasteiger partial charge on any atom is 0.262 e. The number of nitrogen functional groups attached to an aromatic ring is 1. The zero-order chi connectivity index (χ0) is 44.4. The van der Waals surface area contributed by atoms with Crippen LogP contribution in [0.2, 0.25) is 0 Å². The van der Waals surface area contributed by atoms with Gasteiger partial charge in [-0.05, 0) is 93.1 Å². The fourth-order valence-electron chi connectivity index (χ4n) is 8.96. The van der Waals surface area contributed by atoms with Crippen molar-refractivity contribution in [2.45, 2.75) is 95.6 Å². The summed E-state index contributed by atoms with van der Waals surface area (Å²) < 4.78 is 7.95. The van der Waals surface area contributed by atoms with E-state index < -0.39 is 17.9 Å². The lowest BCUT2D eigenvalue weighted by molar-refractivity contribution is 0.0593. The van der Waals surface area contributed by atoms with Gasteiger partial charge in [-0.2, -0.15) is 5.10 Å². The number of piperidine rings is 2. The lowest BCUT2D eigenvalue weighted by Crippen LogP contribution is -2.46. The smallest absolute Gasteiger partial charge is 0.262 e. The van der Waals surface area contributed by atoms with Crippen molar-refractivity contribution in [1.82, 2.24) is 34.9 Å². The van der Waals surface area contributed by atoms with Crippen LogP contribution >= 0.6 is 0 Å². The summed E-state index contributed by atoms with van der Waals surface area (Å²) >= 11 is 0. The Bertz CT molecular complexity index is 2660. The van der Waals surface area contributed by atoms with Crippen LogP contribution in [0.15, 0.2) is 96.2 Å². The van der Waals surface area contributed by atoms with E-state index in [1.807, 2.05) is 59.3 Å². The fourth-order valence-corrected chi connectivity index (χ4v) is 8.96. The molecule has 2 fully saturated rings. The van der Waals surface area contributed by atoms with Crippen LogP contribution in [0.3, 0.4) is 0 Å². The number of benzene rings is 3. The third-order valence-corrected chi connectivity index (χ3v) is 12.3. The first-order valence-corrected chi connectivity index (χ1v) is 22.2. The molecule has 3 aliphatic rings. The van der Waals surface area contributed by atoms with Gasteiger partial charge in [0, 0.05) is 37.3 Å². The zero-order valence-corrected chi connectivity index (χ0v) is 35.7. The lowest BCUT2D eigenvalue weighted by Gasteiger charge is -2.34. The van der Waals surface area contributed by atoms with Crippen molar-refractivity contribution in [3.05, 3.63) is 107 Å². The third-order valence-electron chi connectivity index (χ3n) is 12.3. The highest BCUT2D eigenvalue weighted by molar-refractivity contribution is 6.22. The van der Waals surface area contributed by atoms with Crippen molar-refractivity contribution in [2.75, 3.05) is 30.7 Å². The van der Waals surface area contributed by atoms with Gasteiger partial charge in [0.25, 0.3) is 11.8 Å². The summed E-state index contributed by atoms with van der Waals surface area (Å²) in [5.41, 5.74) is 10.9. The number of carbonyl (C=O) groups is 2. The second-order valence-corrected chi connectivity index (χ2v) is 16.5. The van der Waals surface area contributed by atoms with E-state index in [0.29, 0.717) is 58.1 Å². The maximum atomic E-state index is 13.3. The highest BCUT2D eigenvalue weighted by atomic mass is 16.5. The molecule has 8 rings (SSSR count). The predicted octanol–water partition coefficient (Wildman–Crippen LogP) is 7.62. The molecule has 5 heterocycles. The number of hydrogen-bond acceptors (Lipinski definition) is 13. The first-order chi connectivity index (χ1) is 31.4. The molecule has 0 radical (unpaired) electrons. The Morgan fingerprint density at radius 3 is 2.31 bits per heavy atom. The average molecular weight is 862 g/mol. The highest BCUT2D eigenvalue weighted by Crippen LogP contribution is 2.36. The maximum absolute atomic E-state index is 13.3. The van der Waals surface area contributed by atoms with Gasteiger partial charge in [-0.3, -0.25) is 14.5 Å². The number of ether oxygens (including phenoxy) is 1. The molecule has 0 saturated carbocycles. The molecular weight excluding hydrogens is 811 g/mol. The Balaban J connectivity index is 0.749. The molecule has 2 atom stereocenters. The first-order valence-electron chi connectivity index (χ1n) is 22.2. The number of nitrogens with one attached hydrogen (secondary N) is 2. The monoisotopic (exact) mass is 861 g/mol. The van der Waals surface area contributed by atoms with Crippen molar-refractivity contribution in [3.63, 3.8) is 0 Å². The van der Waals surface area contributed by atoms with E-state index in [4.69, 9.17) is 15.6 Å². The molecule has 0 bridgehead atoms. The standard InChI is InChI=1S/C49H51N9O6/c50-46-44-45(33-17-21-39(22-18-33)64-38-15-9-7-10-16-38)55-58(47(44)53-32-52-46)36-14-12-26-56(28-36)37(30-60)13-8-5-3-1-2-4-6-11-25-51-34-19-23-40-41(27-34)49(63)57(48(40)62)43-24-20-35(29-59)54-42(43)31-61/h7,9-10,15-19,21-23,27,32,36,43,51,54H,1-6,8,11-14,20,24-26,28H2,(H2,50,52,53). The number of para-hydroxylation sites is 1. The number of imide groups is 1. The van der Waals surface area contributed by atoms with Gasteiger partial charge in [-0.1, -0.05) is 56.7 Å². The summed E-state index contributed by atoms with van der Waals surface area (Å²) in [4.78, 5) is 73.5. The van der Waals surface area contributed by atoms with Gasteiger partial charge in [0.05, 0.1) is 34.3 Å². The van der Waals surface area contributed by atoms with Crippen LogP contribution in [0.1, 0.15) is 110 Å². The molecule has 15 heteroatoms. The average Bonchev–Trinajstić information content (AvgIpc) is 3.84. The Morgan fingerprint density at radius 2 is 1.56 bits per heavy atom. The molecule has 0 spiro atoms. The molecule has 0 aliphatic carbocycles. The van der Waals surface area contributed by atoms with Crippen LogP contribution in [-0.2, 0) is 14.4 Å². The van der Waals surface area contributed by atoms with E-state index in [1.54, 1.807) is 30.1 Å². The number of nitrogens with zero attached hydrogens (tertiary/aromatic N) is 6. The molecule has 4 N–H and O–H groups in total. The van der Waals surface area contributed by atoms with E-state index >= 15 is 0 Å². The molecule has 3 aromatic carbocycles. The summed E-state index contributed by atoms with van der Waals surface area (Å²) in [6.45, 7) is 2.16. The quantitative estimate of drug-likeness (QED) is 0.0443. The second kappa shape index (κ2) is 20.3. The van der Waals surface area contributed by atoms with Crippen molar-refractivity contribution in [1.29, 1.82) is 0 Å². The molecule has 15 nitrogen and oxygen atoms in total. The highest BCUT2D eigenvalue weighted by Gasteiger charge is 2.43.